The van der Waals surface area contributed by atoms with Crippen LogP contribution in [0.4, 0.5) is 36.8 Å². The molecule has 1 aromatic carbocycles. The number of hydrogen-bond acceptors (Lipinski definition) is 4. The first-order chi connectivity index (χ1) is 14.6. The van der Waals surface area contributed by atoms with Gasteiger partial charge >= 0.3 is 18.4 Å². The first kappa shape index (κ1) is 23.5. The molecule has 1 aromatic heterocycles. The average Bonchev–Trinajstić information content (AvgIpc) is 2.86. The molecule has 1 fully saturated rings. The second-order valence-corrected chi connectivity index (χ2v) is 7.68. The van der Waals surface area contributed by atoms with Gasteiger partial charge in [-0.2, -0.15) is 26.3 Å². The molecule has 0 spiro atoms. The van der Waals surface area contributed by atoms with E-state index in [2.05, 4.69) is 4.98 Å². The zero-order chi connectivity index (χ0) is 24.1. The molecule has 3 rings (SSSR count). The van der Waals surface area contributed by atoms with Crippen LogP contribution in [0.1, 0.15) is 25.0 Å². The zero-order valence-electron chi connectivity index (χ0n) is 16.7. The molecule has 0 bridgehead atoms. The number of aliphatic hydroxyl groups is 1. The van der Waals surface area contributed by atoms with Crippen LogP contribution in [0.25, 0.3) is 0 Å². The van der Waals surface area contributed by atoms with E-state index in [0.29, 0.717) is 22.6 Å². The standard InChI is InChI=1S/C20H17F6N3O3/c1-17(2)15(30)29(16(31)28(17)11-12-7-9-27-10-8-12)14-5-3-13(4-6-14)18(32,19(21,22)23)20(24,25)26/h3-10,32H,11H2,1-2H3. The smallest absolute Gasteiger partial charge is 0.369 e. The number of nitrogens with zero attached hydrogens (tertiary/aromatic N) is 3. The Morgan fingerprint density at radius 3 is 1.88 bits per heavy atom. The maximum atomic E-state index is 13.1. The fourth-order valence-corrected chi connectivity index (χ4v) is 3.34. The van der Waals surface area contributed by atoms with Gasteiger partial charge in [0.15, 0.2) is 0 Å². The molecule has 0 unspecified atom stereocenters. The van der Waals surface area contributed by atoms with Gasteiger partial charge in [0.1, 0.15) is 5.54 Å². The van der Waals surface area contributed by atoms with Gasteiger partial charge in [0.25, 0.3) is 11.5 Å². The summed E-state index contributed by atoms with van der Waals surface area (Å²) in [6.07, 6.45) is -9.11. The molecule has 32 heavy (non-hydrogen) atoms. The number of alkyl halides is 6. The largest absolute Gasteiger partial charge is 0.430 e. The predicted octanol–water partition coefficient (Wildman–Crippen LogP) is 4.14. The number of urea groups is 1. The topological polar surface area (TPSA) is 73.7 Å². The maximum Gasteiger partial charge on any atom is 0.430 e. The van der Waals surface area contributed by atoms with Crippen LogP contribution in [0.5, 0.6) is 0 Å². The molecular formula is C20H17F6N3O3. The van der Waals surface area contributed by atoms with Crippen LogP contribution < -0.4 is 4.90 Å². The number of carbonyl (C=O) groups is 2. The SMILES string of the molecule is CC1(C)C(=O)N(c2ccc(C(O)(C(F)(F)F)C(F)(F)F)cc2)C(=O)N1Cc1ccncc1. The number of halogens is 6. The number of hydrogen-bond donors (Lipinski definition) is 1. The number of benzene rings is 1. The number of aromatic nitrogens is 1. The summed E-state index contributed by atoms with van der Waals surface area (Å²) in [5.74, 6) is -0.716. The Bertz CT molecular complexity index is 1010. The summed E-state index contributed by atoms with van der Waals surface area (Å²) in [5.41, 5.74) is -7.51. The average molecular weight is 461 g/mol. The third-order valence-corrected chi connectivity index (χ3v) is 5.28. The summed E-state index contributed by atoms with van der Waals surface area (Å²) >= 11 is 0. The fraction of sp³-hybridized carbons (Fsp3) is 0.350. The Balaban J connectivity index is 1.97. The summed E-state index contributed by atoms with van der Waals surface area (Å²) in [6.45, 7) is 2.96. The van der Waals surface area contributed by atoms with Crippen molar-refractivity contribution in [2.24, 2.45) is 0 Å². The van der Waals surface area contributed by atoms with Crippen LogP contribution in [-0.4, -0.2) is 44.8 Å². The van der Waals surface area contributed by atoms with Gasteiger partial charge in [0.2, 0.25) is 0 Å². The van der Waals surface area contributed by atoms with Gasteiger partial charge < -0.3 is 10.0 Å². The highest BCUT2D eigenvalue weighted by Gasteiger charge is 2.71. The lowest BCUT2D eigenvalue weighted by Crippen LogP contribution is -2.53. The first-order valence-electron chi connectivity index (χ1n) is 9.14. The van der Waals surface area contributed by atoms with Crippen LogP contribution >= 0.6 is 0 Å². The van der Waals surface area contributed by atoms with Crippen LogP contribution in [0.15, 0.2) is 48.8 Å². The van der Waals surface area contributed by atoms with Crippen LogP contribution in [0.3, 0.4) is 0 Å². The van der Waals surface area contributed by atoms with Crippen molar-refractivity contribution in [1.29, 1.82) is 0 Å². The van der Waals surface area contributed by atoms with Gasteiger partial charge in [-0.15, -0.1) is 0 Å². The van der Waals surface area contributed by atoms with Gasteiger partial charge in [-0.25, -0.2) is 9.69 Å². The van der Waals surface area contributed by atoms with E-state index in [1.807, 2.05) is 0 Å². The molecule has 0 radical (unpaired) electrons. The molecule has 0 atom stereocenters. The van der Waals surface area contributed by atoms with E-state index in [-0.39, 0.29) is 12.2 Å². The van der Waals surface area contributed by atoms with Crippen molar-refractivity contribution in [2.75, 3.05) is 4.90 Å². The van der Waals surface area contributed by atoms with Crippen LogP contribution in [0.2, 0.25) is 0 Å². The second-order valence-electron chi connectivity index (χ2n) is 7.68. The van der Waals surface area contributed by atoms with E-state index in [9.17, 15) is 41.0 Å². The van der Waals surface area contributed by atoms with E-state index in [4.69, 9.17) is 0 Å². The van der Waals surface area contributed by atoms with Crippen molar-refractivity contribution in [3.63, 3.8) is 0 Å². The second kappa shape index (κ2) is 7.47. The lowest BCUT2D eigenvalue weighted by Gasteiger charge is -2.32. The first-order valence-corrected chi connectivity index (χ1v) is 9.14. The lowest BCUT2D eigenvalue weighted by molar-refractivity contribution is -0.376. The number of anilines is 1. The summed E-state index contributed by atoms with van der Waals surface area (Å²) in [4.78, 5) is 31.6. The number of pyridine rings is 1. The Kier molecular flexibility index (Phi) is 5.49. The third kappa shape index (κ3) is 3.57. The summed E-state index contributed by atoms with van der Waals surface area (Å²) in [5, 5.41) is 9.49. The number of amides is 3. The number of imide groups is 1. The summed E-state index contributed by atoms with van der Waals surface area (Å²) in [6, 6.07) is 4.72. The predicted molar refractivity (Wildman–Crippen MR) is 99.2 cm³/mol. The van der Waals surface area contributed by atoms with Crippen LogP contribution in [-0.2, 0) is 16.9 Å². The minimum Gasteiger partial charge on any atom is -0.369 e. The quantitative estimate of drug-likeness (QED) is 0.549. The monoisotopic (exact) mass is 461 g/mol. The minimum atomic E-state index is -6.05. The number of rotatable bonds is 4. The number of carbonyl (C=O) groups excluding carboxylic acids is 2. The van der Waals surface area contributed by atoms with E-state index in [1.165, 1.54) is 31.1 Å². The minimum absolute atomic E-state index is 0.0244. The lowest BCUT2D eigenvalue weighted by atomic mass is 9.92. The highest BCUT2D eigenvalue weighted by molar-refractivity contribution is 6.22. The third-order valence-electron chi connectivity index (χ3n) is 5.28. The molecule has 172 valence electrons. The van der Waals surface area contributed by atoms with Gasteiger partial charge in [0.05, 0.1) is 5.69 Å². The molecule has 0 aliphatic carbocycles. The molecular weight excluding hydrogens is 444 g/mol. The van der Waals surface area contributed by atoms with Gasteiger partial charge in [0, 0.05) is 24.5 Å². The maximum absolute atomic E-state index is 13.1. The van der Waals surface area contributed by atoms with Crippen molar-refractivity contribution in [3.8, 4) is 0 Å². The fourth-order valence-electron chi connectivity index (χ4n) is 3.34. The zero-order valence-corrected chi connectivity index (χ0v) is 16.7. The van der Waals surface area contributed by atoms with E-state index < -0.39 is 41.0 Å². The van der Waals surface area contributed by atoms with Crippen LogP contribution in [0, 0.1) is 0 Å². The van der Waals surface area contributed by atoms with Crippen molar-refractivity contribution in [3.05, 3.63) is 59.9 Å². The van der Waals surface area contributed by atoms with E-state index >= 15 is 0 Å². The van der Waals surface area contributed by atoms with E-state index in [1.54, 1.807) is 12.1 Å². The Morgan fingerprint density at radius 1 is 0.906 bits per heavy atom. The van der Waals surface area contributed by atoms with E-state index in [0.717, 1.165) is 12.1 Å². The molecule has 2 heterocycles. The normalized spacial score (nSPS) is 17.3. The van der Waals surface area contributed by atoms with Crippen molar-refractivity contribution in [2.45, 2.75) is 43.9 Å². The molecule has 6 nitrogen and oxygen atoms in total. The van der Waals surface area contributed by atoms with Crippen molar-refractivity contribution >= 4 is 17.6 Å². The molecule has 1 aliphatic heterocycles. The molecule has 1 aliphatic rings. The molecule has 2 aromatic rings. The van der Waals surface area contributed by atoms with Crippen molar-refractivity contribution in [1.82, 2.24) is 9.88 Å². The van der Waals surface area contributed by atoms with Crippen molar-refractivity contribution < 1.29 is 41.0 Å². The Labute approximate surface area is 178 Å². The highest BCUT2D eigenvalue weighted by Crippen LogP contribution is 2.50. The Hall–Kier alpha value is -3.15. The summed E-state index contributed by atoms with van der Waals surface area (Å²) in [7, 11) is 0. The molecule has 12 heteroatoms. The van der Waals surface area contributed by atoms with Gasteiger partial charge in [-0.3, -0.25) is 9.78 Å². The molecule has 3 amide bonds. The molecule has 0 saturated carbocycles. The van der Waals surface area contributed by atoms with Gasteiger partial charge in [-0.1, -0.05) is 12.1 Å². The van der Waals surface area contributed by atoms with Gasteiger partial charge in [-0.05, 0) is 43.7 Å². The Morgan fingerprint density at radius 2 is 1.41 bits per heavy atom. The highest BCUT2D eigenvalue weighted by atomic mass is 19.4. The summed E-state index contributed by atoms with van der Waals surface area (Å²) < 4.78 is 78.4. The molecule has 1 saturated heterocycles. The molecule has 1 N–H and O–H groups in total.